The first-order chi connectivity index (χ1) is 7.22. The summed E-state index contributed by atoms with van der Waals surface area (Å²) in [6.45, 7) is 7.18. The lowest BCUT2D eigenvalue weighted by molar-refractivity contribution is 1.06. The minimum atomic E-state index is 0.611. The number of nitrogens with two attached hydrogens (primary N) is 1. The highest BCUT2D eigenvalue weighted by Gasteiger charge is 2.04. The largest absolute Gasteiger partial charge is 0.327 e. The van der Waals surface area contributed by atoms with E-state index < -0.39 is 0 Å². The van der Waals surface area contributed by atoms with E-state index in [1.54, 1.807) is 0 Å². The number of hydrogen-bond acceptors (Lipinski definition) is 1. The van der Waals surface area contributed by atoms with Gasteiger partial charge in [0.15, 0.2) is 0 Å². The van der Waals surface area contributed by atoms with Crippen molar-refractivity contribution in [3.63, 3.8) is 0 Å². The molecule has 0 heterocycles. The quantitative estimate of drug-likeness (QED) is 0.799. The van der Waals surface area contributed by atoms with Crippen LogP contribution in [0.4, 0.5) is 0 Å². The number of aryl methyl sites for hydroxylation is 3. The zero-order valence-electron chi connectivity index (χ0n) is 10.0. The highest BCUT2D eigenvalue weighted by Crippen LogP contribution is 2.20. The molecule has 0 radical (unpaired) electrons. The van der Waals surface area contributed by atoms with Crippen LogP contribution in [0.25, 0.3) is 6.08 Å². The Morgan fingerprint density at radius 1 is 1.13 bits per heavy atom. The second-order valence-corrected chi connectivity index (χ2v) is 3.84. The van der Waals surface area contributed by atoms with Crippen LogP contribution in [0, 0.1) is 6.92 Å². The molecule has 1 aromatic carbocycles. The van der Waals surface area contributed by atoms with Crippen molar-refractivity contribution in [2.45, 2.75) is 33.6 Å². The van der Waals surface area contributed by atoms with Crippen LogP contribution >= 0.6 is 0 Å². The molecule has 1 nitrogen and oxygen atoms in total. The maximum absolute atomic E-state index is 5.50. The van der Waals surface area contributed by atoms with Gasteiger partial charge in [0.05, 0.1) is 0 Å². The summed E-state index contributed by atoms with van der Waals surface area (Å²) < 4.78 is 0. The van der Waals surface area contributed by atoms with Crippen molar-refractivity contribution >= 4 is 6.08 Å². The van der Waals surface area contributed by atoms with Crippen LogP contribution in [-0.4, -0.2) is 6.54 Å². The molecule has 1 rings (SSSR count). The molecule has 2 N–H and O–H groups in total. The zero-order chi connectivity index (χ0) is 11.3. The van der Waals surface area contributed by atoms with E-state index in [0.717, 1.165) is 12.8 Å². The first-order valence-corrected chi connectivity index (χ1v) is 5.71. The Balaban J connectivity index is 3.24. The summed E-state index contributed by atoms with van der Waals surface area (Å²) in [4.78, 5) is 0. The minimum absolute atomic E-state index is 0.611. The summed E-state index contributed by atoms with van der Waals surface area (Å²) in [7, 11) is 0. The molecule has 0 fully saturated rings. The van der Waals surface area contributed by atoms with Crippen molar-refractivity contribution in [3.8, 4) is 0 Å². The van der Waals surface area contributed by atoms with Gasteiger partial charge in [0.1, 0.15) is 0 Å². The van der Waals surface area contributed by atoms with E-state index in [4.69, 9.17) is 5.73 Å². The molecule has 0 saturated heterocycles. The molecule has 0 atom stereocenters. The van der Waals surface area contributed by atoms with Gasteiger partial charge in [0, 0.05) is 6.54 Å². The van der Waals surface area contributed by atoms with Crippen LogP contribution in [0.3, 0.4) is 0 Å². The van der Waals surface area contributed by atoms with E-state index in [2.05, 4.69) is 39.0 Å². The summed E-state index contributed by atoms with van der Waals surface area (Å²) in [5, 5.41) is 0. The van der Waals surface area contributed by atoms with Crippen molar-refractivity contribution in [2.24, 2.45) is 5.73 Å². The third-order valence-electron chi connectivity index (χ3n) is 2.68. The van der Waals surface area contributed by atoms with E-state index >= 15 is 0 Å². The summed E-state index contributed by atoms with van der Waals surface area (Å²) in [6.07, 6.45) is 6.36. The molecule has 0 saturated carbocycles. The van der Waals surface area contributed by atoms with Gasteiger partial charge >= 0.3 is 0 Å². The van der Waals surface area contributed by atoms with Gasteiger partial charge in [-0.1, -0.05) is 43.7 Å². The summed E-state index contributed by atoms with van der Waals surface area (Å²) in [5.74, 6) is 0. The van der Waals surface area contributed by atoms with Gasteiger partial charge in [-0.05, 0) is 36.5 Å². The summed E-state index contributed by atoms with van der Waals surface area (Å²) in [5.41, 5.74) is 11.1. The Hall–Kier alpha value is -1.08. The van der Waals surface area contributed by atoms with Gasteiger partial charge in [0.25, 0.3) is 0 Å². The maximum Gasteiger partial charge on any atom is 0.0110 e. The van der Waals surface area contributed by atoms with Crippen molar-refractivity contribution in [1.29, 1.82) is 0 Å². The molecule has 0 bridgehead atoms. The average Bonchev–Trinajstić information content (AvgIpc) is 2.26. The lowest BCUT2D eigenvalue weighted by Gasteiger charge is -2.11. The fraction of sp³-hybridized carbons (Fsp3) is 0.429. The minimum Gasteiger partial charge on any atom is -0.327 e. The molecule has 0 amide bonds. The summed E-state index contributed by atoms with van der Waals surface area (Å²) in [6, 6.07) is 4.55. The van der Waals surface area contributed by atoms with Gasteiger partial charge in [-0.15, -0.1) is 0 Å². The van der Waals surface area contributed by atoms with Gasteiger partial charge in [-0.25, -0.2) is 0 Å². The second-order valence-electron chi connectivity index (χ2n) is 3.84. The van der Waals surface area contributed by atoms with Gasteiger partial charge < -0.3 is 5.73 Å². The van der Waals surface area contributed by atoms with Gasteiger partial charge in [-0.2, -0.15) is 0 Å². The first-order valence-electron chi connectivity index (χ1n) is 5.71. The molecule has 82 valence electrons. The van der Waals surface area contributed by atoms with Crippen LogP contribution in [0.1, 0.15) is 36.1 Å². The van der Waals surface area contributed by atoms with Crippen LogP contribution in [0.15, 0.2) is 18.2 Å². The normalized spacial score (nSPS) is 11.2. The molecular weight excluding hydrogens is 182 g/mol. The number of hydrogen-bond donors (Lipinski definition) is 1. The molecular formula is C14H21N. The Labute approximate surface area is 93.0 Å². The Morgan fingerprint density at radius 3 is 2.07 bits per heavy atom. The molecule has 0 aliphatic heterocycles. The zero-order valence-corrected chi connectivity index (χ0v) is 10.0. The molecule has 0 unspecified atom stereocenters. The molecule has 15 heavy (non-hydrogen) atoms. The Kier molecular flexibility index (Phi) is 4.57. The van der Waals surface area contributed by atoms with Crippen molar-refractivity contribution in [1.82, 2.24) is 0 Å². The average molecular weight is 203 g/mol. The second kappa shape index (κ2) is 5.72. The SMILES string of the molecule is CCc1cc(C)cc(CC)c1C=CCN. The van der Waals surface area contributed by atoms with Crippen molar-refractivity contribution in [2.75, 3.05) is 6.54 Å². The molecule has 0 aliphatic rings. The van der Waals surface area contributed by atoms with Crippen LogP contribution in [0.5, 0.6) is 0 Å². The first kappa shape index (κ1) is 12.0. The number of rotatable bonds is 4. The van der Waals surface area contributed by atoms with E-state index in [0.29, 0.717) is 6.54 Å². The topological polar surface area (TPSA) is 26.0 Å². The van der Waals surface area contributed by atoms with Crippen molar-refractivity contribution in [3.05, 3.63) is 40.5 Å². The highest BCUT2D eigenvalue weighted by molar-refractivity contribution is 5.59. The molecule has 0 spiro atoms. The predicted octanol–water partition coefficient (Wildman–Crippen LogP) is 3.09. The monoisotopic (exact) mass is 203 g/mol. The van der Waals surface area contributed by atoms with Gasteiger partial charge in [0.2, 0.25) is 0 Å². The molecule has 0 aromatic heterocycles. The molecule has 0 aliphatic carbocycles. The summed E-state index contributed by atoms with van der Waals surface area (Å²) >= 11 is 0. The molecule has 1 aromatic rings. The standard InChI is InChI=1S/C14H21N/c1-4-12-9-11(3)10-13(5-2)14(12)7-6-8-15/h6-7,9-10H,4-5,8,15H2,1-3H3. The Bertz CT molecular complexity index is 325. The van der Waals surface area contributed by atoms with E-state index in [1.165, 1.54) is 22.3 Å². The predicted molar refractivity (Wildman–Crippen MR) is 68.0 cm³/mol. The fourth-order valence-electron chi connectivity index (χ4n) is 1.94. The Morgan fingerprint density at radius 2 is 1.67 bits per heavy atom. The van der Waals surface area contributed by atoms with E-state index in [9.17, 15) is 0 Å². The molecule has 1 heteroatoms. The fourth-order valence-corrected chi connectivity index (χ4v) is 1.94. The lowest BCUT2D eigenvalue weighted by Crippen LogP contribution is -1.97. The highest BCUT2D eigenvalue weighted by atomic mass is 14.5. The third-order valence-corrected chi connectivity index (χ3v) is 2.68. The van der Waals surface area contributed by atoms with Crippen molar-refractivity contribution < 1.29 is 0 Å². The maximum atomic E-state index is 5.50. The lowest BCUT2D eigenvalue weighted by atomic mass is 9.94. The smallest absolute Gasteiger partial charge is 0.0110 e. The van der Waals surface area contributed by atoms with E-state index in [1.807, 2.05) is 6.08 Å². The van der Waals surface area contributed by atoms with E-state index in [-0.39, 0.29) is 0 Å². The van der Waals surface area contributed by atoms with Crippen LogP contribution in [0.2, 0.25) is 0 Å². The number of benzene rings is 1. The van der Waals surface area contributed by atoms with Gasteiger partial charge in [-0.3, -0.25) is 0 Å². The third kappa shape index (κ3) is 2.93. The van der Waals surface area contributed by atoms with Crippen LogP contribution in [-0.2, 0) is 12.8 Å². The van der Waals surface area contributed by atoms with Crippen LogP contribution < -0.4 is 5.73 Å².